The number of nitrogens with one attached hydrogen (secondary N) is 2. The zero-order valence-corrected chi connectivity index (χ0v) is 19.9. The van der Waals surface area contributed by atoms with E-state index in [4.69, 9.17) is 0 Å². The third-order valence-electron chi connectivity index (χ3n) is 7.70. The van der Waals surface area contributed by atoms with Crippen molar-refractivity contribution in [2.24, 2.45) is 5.41 Å². The number of carbonyl (C=O) groups is 3. The number of benzene rings is 2. The van der Waals surface area contributed by atoms with E-state index in [1.165, 1.54) is 12.1 Å². The molecule has 1 unspecified atom stereocenters. The van der Waals surface area contributed by atoms with Gasteiger partial charge in [0.1, 0.15) is 11.9 Å². The number of anilines is 1. The van der Waals surface area contributed by atoms with Gasteiger partial charge in [-0.15, -0.1) is 0 Å². The van der Waals surface area contributed by atoms with Gasteiger partial charge in [0.25, 0.3) is 0 Å². The molecule has 35 heavy (non-hydrogen) atoms. The molecule has 0 aromatic heterocycles. The van der Waals surface area contributed by atoms with Gasteiger partial charge in [0.2, 0.25) is 11.8 Å². The van der Waals surface area contributed by atoms with Crippen LogP contribution in [0.15, 0.2) is 48.5 Å². The molecule has 2 N–H and O–H groups in total. The summed E-state index contributed by atoms with van der Waals surface area (Å²) < 4.78 is 13.5. The van der Waals surface area contributed by atoms with Gasteiger partial charge in [-0.2, -0.15) is 0 Å². The number of piperidine rings is 1. The summed E-state index contributed by atoms with van der Waals surface area (Å²) in [5.74, 6) is -0.462. The fourth-order valence-electron chi connectivity index (χ4n) is 5.65. The van der Waals surface area contributed by atoms with Crippen LogP contribution in [0, 0.1) is 18.2 Å². The van der Waals surface area contributed by atoms with Crippen molar-refractivity contribution in [1.82, 2.24) is 15.5 Å². The molecular formula is C27H31FN4O3. The minimum atomic E-state index is -0.611. The summed E-state index contributed by atoms with van der Waals surface area (Å²) >= 11 is 0. The van der Waals surface area contributed by atoms with Crippen LogP contribution < -0.4 is 15.5 Å². The van der Waals surface area contributed by atoms with Crippen LogP contribution in [0.1, 0.15) is 49.3 Å². The molecule has 4 amide bonds. The summed E-state index contributed by atoms with van der Waals surface area (Å²) in [6, 6.07) is 13.2. The molecule has 3 aliphatic heterocycles. The first-order valence-corrected chi connectivity index (χ1v) is 12.4. The standard InChI is InChI=1S/C27H31FN4O3/c1-18-5-7-19(8-6-18)23-27(25(34)32(23)21-11-9-20(28)10-12-21)13-16-31(17-14-27)26(35)30-22-4-2-3-15-29-24(22)33/h5-12,22-23H,2-4,13-17H2,1H3,(H,29,33)(H,30,35)/t22-,23?/m0/s1. The van der Waals surface area contributed by atoms with E-state index in [1.807, 2.05) is 19.1 Å². The highest BCUT2D eigenvalue weighted by atomic mass is 19.1. The Kier molecular flexibility index (Phi) is 6.21. The molecule has 184 valence electrons. The predicted molar refractivity (Wildman–Crippen MR) is 130 cm³/mol. The van der Waals surface area contributed by atoms with Crippen molar-refractivity contribution in [1.29, 1.82) is 0 Å². The number of amides is 4. The van der Waals surface area contributed by atoms with Gasteiger partial charge in [0, 0.05) is 25.3 Å². The van der Waals surface area contributed by atoms with Gasteiger partial charge in [0.05, 0.1) is 11.5 Å². The molecule has 0 saturated carbocycles. The Morgan fingerprint density at radius 1 is 1.03 bits per heavy atom. The fraction of sp³-hybridized carbons (Fsp3) is 0.444. The van der Waals surface area contributed by atoms with E-state index in [-0.39, 0.29) is 29.7 Å². The van der Waals surface area contributed by atoms with E-state index in [0.29, 0.717) is 44.6 Å². The van der Waals surface area contributed by atoms with E-state index in [0.717, 1.165) is 24.0 Å². The summed E-state index contributed by atoms with van der Waals surface area (Å²) in [5, 5.41) is 5.73. The molecule has 0 bridgehead atoms. The van der Waals surface area contributed by atoms with Crippen molar-refractivity contribution in [2.75, 3.05) is 24.5 Å². The van der Waals surface area contributed by atoms with Crippen molar-refractivity contribution < 1.29 is 18.8 Å². The van der Waals surface area contributed by atoms with Crippen LogP contribution in [0.25, 0.3) is 0 Å². The van der Waals surface area contributed by atoms with Gasteiger partial charge in [-0.1, -0.05) is 29.8 Å². The Morgan fingerprint density at radius 3 is 2.40 bits per heavy atom. The lowest BCUT2D eigenvalue weighted by Gasteiger charge is -2.59. The first kappa shape index (κ1) is 23.3. The second-order valence-corrected chi connectivity index (χ2v) is 9.90. The number of urea groups is 1. The maximum atomic E-state index is 13.6. The molecule has 0 aliphatic carbocycles. The molecule has 5 rings (SSSR count). The smallest absolute Gasteiger partial charge is 0.318 e. The molecule has 7 nitrogen and oxygen atoms in total. The van der Waals surface area contributed by atoms with E-state index in [2.05, 4.69) is 22.8 Å². The van der Waals surface area contributed by atoms with Gasteiger partial charge in [-0.05, 0) is 68.9 Å². The molecule has 2 aromatic carbocycles. The zero-order valence-electron chi connectivity index (χ0n) is 19.9. The minimum absolute atomic E-state index is 0.0119. The molecule has 3 aliphatic rings. The number of β-lactam (4-membered cyclic amide) rings is 1. The van der Waals surface area contributed by atoms with Crippen LogP contribution >= 0.6 is 0 Å². The lowest BCUT2D eigenvalue weighted by molar-refractivity contribution is -0.144. The number of aryl methyl sites for hydroxylation is 1. The van der Waals surface area contributed by atoms with Crippen molar-refractivity contribution in [3.05, 3.63) is 65.5 Å². The molecule has 8 heteroatoms. The van der Waals surface area contributed by atoms with Gasteiger partial charge in [-0.3, -0.25) is 9.59 Å². The Hall–Kier alpha value is -3.42. The van der Waals surface area contributed by atoms with Crippen molar-refractivity contribution >= 4 is 23.5 Å². The molecular weight excluding hydrogens is 447 g/mol. The molecule has 3 saturated heterocycles. The van der Waals surface area contributed by atoms with Crippen LogP contribution in [-0.4, -0.2) is 48.4 Å². The largest absolute Gasteiger partial charge is 0.354 e. The van der Waals surface area contributed by atoms with Crippen LogP contribution in [0.2, 0.25) is 0 Å². The average Bonchev–Trinajstić information content (AvgIpc) is 3.07. The van der Waals surface area contributed by atoms with Gasteiger partial charge < -0.3 is 20.4 Å². The summed E-state index contributed by atoms with van der Waals surface area (Å²) in [7, 11) is 0. The summed E-state index contributed by atoms with van der Waals surface area (Å²) in [4.78, 5) is 42.2. The molecule has 0 radical (unpaired) electrons. The number of hydrogen-bond acceptors (Lipinski definition) is 3. The van der Waals surface area contributed by atoms with Crippen molar-refractivity contribution in [3.63, 3.8) is 0 Å². The predicted octanol–water partition coefficient (Wildman–Crippen LogP) is 3.68. The zero-order chi connectivity index (χ0) is 24.6. The highest BCUT2D eigenvalue weighted by Crippen LogP contribution is 2.57. The van der Waals surface area contributed by atoms with Crippen LogP contribution in [0.4, 0.5) is 14.9 Å². The normalized spacial score (nSPS) is 23.9. The highest BCUT2D eigenvalue weighted by molar-refractivity contribution is 6.06. The van der Waals surface area contributed by atoms with Crippen LogP contribution in [-0.2, 0) is 9.59 Å². The SMILES string of the molecule is Cc1ccc(C2N(c3ccc(F)cc3)C(=O)C23CCN(C(=O)N[C@H]2CCCCNC2=O)CC3)cc1. The van der Waals surface area contributed by atoms with E-state index in [1.54, 1.807) is 21.9 Å². The van der Waals surface area contributed by atoms with Crippen LogP contribution in [0.5, 0.6) is 0 Å². The van der Waals surface area contributed by atoms with Gasteiger partial charge in [-0.25, -0.2) is 9.18 Å². The highest BCUT2D eigenvalue weighted by Gasteiger charge is 2.62. The molecule has 3 heterocycles. The van der Waals surface area contributed by atoms with E-state index < -0.39 is 11.5 Å². The lowest BCUT2D eigenvalue weighted by atomic mass is 9.62. The second kappa shape index (κ2) is 9.32. The molecule has 1 spiro atoms. The Morgan fingerprint density at radius 2 is 1.71 bits per heavy atom. The number of halogens is 1. The van der Waals surface area contributed by atoms with Gasteiger partial charge >= 0.3 is 6.03 Å². The minimum Gasteiger partial charge on any atom is -0.354 e. The summed E-state index contributed by atoms with van der Waals surface area (Å²) in [5.41, 5.74) is 2.23. The first-order valence-electron chi connectivity index (χ1n) is 12.4. The van der Waals surface area contributed by atoms with E-state index >= 15 is 0 Å². The summed E-state index contributed by atoms with van der Waals surface area (Å²) in [6.07, 6.45) is 3.50. The number of nitrogens with zero attached hydrogens (tertiary/aromatic N) is 2. The quantitative estimate of drug-likeness (QED) is 0.661. The second-order valence-electron chi connectivity index (χ2n) is 9.90. The fourth-order valence-corrected chi connectivity index (χ4v) is 5.65. The maximum absolute atomic E-state index is 13.6. The first-order chi connectivity index (χ1) is 16.9. The van der Waals surface area contributed by atoms with Crippen LogP contribution in [0.3, 0.4) is 0 Å². The monoisotopic (exact) mass is 478 g/mol. The third kappa shape index (κ3) is 4.26. The maximum Gasteiger partial charge on any atom is 0.318 e. The average molecular weight is 479 g/mol. The Bertz CT molecular complexity index is 1110. The molecule has 2 atom stereocenters. The molecule has 2 aromatic rings. The Labute approximate surface area is 204 Å². The Balaban J connectivity index is 1.34. The van der Waals surface area contributed by atoms with Crippen molar-refractivity contribution in [2.45, 2.75) is 51.1 Å². The topological polar surface area (TPSA) is 81.8 Å². The molecule has 3 fully saturated rings. The third-order valence-corrected chi connectivity index (χ3v) is 7.70. The lowest BCUT2D eigenvalue weighted by Crippen LogP contribution is -2.67. The number of carbonyl (C=O) groups excluding carboxylic acids is 3. The van der Waals surface area contributed by atoms with Gasteiger partial charge in [0.15, 0.2) is 0 Å². The van der Waals surface area contributed by atoms with Crippen molar-refractivity contribution in [3.8, 4) is 0 Å². The number of hydrogen-bond donors (Lipinski definition) is 2. The number of rotatable bonds is 3. The number of likely N-dealkylation sites (tertiary alicyclic amines) is 1. The summed E-state index contributed by atoms with van der Waals surface area (Å²) in [6.45, 7) is 3.54. The van der Waals surface area contributed by atoms with E-state index in [9.17, 15) is 18.8 Å².